The van der Waals surface area contributed by atoms with Crippen molar-refractivity contribution in [2.24, 2.45) is 5.73 Å². The van der Waals surface area contributed by atoms with Gasteiger partial charge >= 0.3 is 5.97 Å². The molecule has 0 radical (unpaired) electrons. The van der Waals surface area contributed by atoms with Crippen LogP contribution in [-0.4, -0.2) is 19.1 Å². The maximum absolute atomic E-state index is 11.4. The Bertz CT molecular complexity index is 207. The van der Waals surface area contributed by atoms with Crippen LogP contribution in [0.1, 0.15) is 90.4 Å². The molecule has 0 aromatic carbocycles. The van der Waals surface area contributed by atoms with Gasteiger partial charge in [0.1, 0.15) is 0 Å². The summed E-state index contributed by atoms with van der Waals surface area (Å²) in [4.78, 5) is 11.4. The van der Waals surface area contributed by atoms with Gasteiger partial charge in [-0.15, -0.1) is 0 Å². The molecule has 0 bridgehead atoms. The van der Waals surface area contributed by atoms with E-state index in [0.717, 1.165) is 38.6 Å². The Morgan fingerprint density at radius 3 is 2.00 bits per heavy atom. The summed E-state index contributed by atoms with van der Waals surface area (Å²) in [5.41, 5.74) is 5.42. The van der Waals surface area contributed by atoms with E-state index in [0.29, 0.717) is 13.0 Å². The zero-order chi connectivity index (χ0) is 14.9. The van der Waals surface area contributed by atoms with Crippen molar-refractivity contribution >= 4 is 5.97 Å². The molecule has 0 saturated heterocycles. The second-order valence-electron chi connectivity index (χ2n) is 5.65. The number of unbranched alkanes of at least 4 members (excludes halogenated alkanes) is 10. The zero-order valence-corrected chi connectivity index (χ0v) is 13.5. The van der Waals surface area contributed by atoms with Crippen molar-refractivity contribution in [2.45, 2.75) is 90.4 Å². The second-order valence-corrected chi connectivity index (χ2v) is 5.65. The minimum absolute atomic E-state index is 0.0271. The van der Waals surface area contributed by atoms with Gasteiger partial charge < -0.3 is 10.5 Å². The molecule has 0 aliphatic heterocycles. The second kappa shape index (κ2) is 16.5. The third-order valence-corrected chi connectivity index (χ3v) is 3.60. The van der Waals surface area contributed by atoms with Crippen LogP contribution in [0.5, 0.6) is 0 Å². The Morgan fingerprint density at radius 1 is 0.800 bits per heavy atom. The van der Waals surface area contributed by atoms with E-state index in [4.69, 9.17) is 10.5 Å². The van der Waals surface area contributed by atoms with Gasteiger partial charge in [-0.1, -0.05) is 64.7 Å². The minimum atomic E-state index is -0.0271. The van der Waals surface area contributed by atoms with E-state index in [-0.39, 0.29) is 5.97 Å². The first-order chi connectivity index (χ1) is 9.81. The molecule has 0 atom stereocenters. The van der Waals surface area contributed by atoms with Gasteiger partial charge in [-0.3, -0.25) is 4.79 Å². The smallest absolute Gasteiger partial charge is 0.305 e. The molecule has 0 fully saturated rings. The highest BCUT2D eigenvalue weighted by Crippen LogP contribution is 2.09. The molecule has 0 rings (SSSR count). The zero-order valence-electron chi connectivity index (χ0n) is 13.5. The number of hydrogen-bond donors (Lipinski definition) is 1. The summed E-state index contributed by atoms with van der Waals surface area (Å²) in [6.45, 7) is 3.60. The van der Waals surface area contributed by atoms with E-state index in [1.165, 1.54) is 44.9 Å². The van der Waals surface area contributed by atoms with Crippen molar-refractivity contribution in [3.05, 3.63) is 0 Å². The monoisotopic (exact) mass is 285 g/mol. The number of ether oxygens (including phenoxy) is 1. The van der Waals surface area contributed by atoms with Crippen LogP contribution in [0.15, 0.2) is 0 Å². The molecule has 120 valence electrons. The van der Waals surface area contributed by atoms with Crippen LogP contribution in [0.2, 0.25) is 0 Å². The molecule has 0 aromatic rings. The van der Waals surface area contributed by atoms with Crippen molar-refractivity contribution < 1.29 is 9.53 Å². The Labute approximate surface area is 125 Å². The van der Waals surface area contributed by atoms with Gasteiger partial charge in [0, 0.05) is 6.42 Å². The quantitative estimate of drug-likeness (QED) is 0.354. The first-order valence-electron chi connectivity index (χ1n) is 8.67. The highest BCUT2D eigenvalue weighted by Gasteiger charge is 2.02. The maximum atomic E-state index is 11.4. The molecular formula is C17H35NO2. The third kappa shape index (κ3) is 15.5. The fourth-order valence-corrected chi connectivity index (χ4v) is 2.26. The van der Waals surface area contributed by atoms with Crippen LogP contribution < -0.4 is 5.73 Å². The van der Waals surface area contributed by atoms with Crippen molar-refractivity contribution in [1.82, 2.24) is 0 Å². The molecule has 3 heteroatoms. The third-order valence-electron chi connectivity index (χ3n) is 3.60. The van der Waals surface area contributed by atoms with E-state index in [1.54, 1.807) is 0 Å². The van der Waals surface area contributed by atoms with Crippen molar-refractivity contribution in [3.63, 3.8) is 0 Å². The van der Waals surface area contributed by atoms with Gasteiger partial charge in [-0.2, -0.15) is 0 Å². The summed E-state index contributed by atoms with van der Waals surface area (Å²) in [7, 11) is 0. The molecule has 0 aromatic heterocycles. The van der Waals surface area contributed by atoms with Crippen LogP contribution >= 0.6 is 0 Å². The lowest BCUT2D eigenvalue weighted by atomic mass is 10.1. The Kier molecular flexibility index (Phi) is 16.0. The Balaban J connectivity index is 3.11. The van der Waals surface area contributed by atoms with E-state index < -0.39 is 0 Å². The molecular weight excluding hydrogens is 250 g/mol. The molecule has 0 spiro atoms. The summed E-state index contributed by atoms with van der Waals surface area (Å²) in [5, 5.41) is 0. The van der Waals surface area contributed by atoms with Crippen LogP contribution in [0.25, 0.3) is 0 Å². The fourth-order valence-electron chi connectivity index (χ4n) is 2.26. The van der Waals surface area contributed by atoms with Gasteiger partial charge in [0.2, 0.25) is 0 Å². The standard InChI is InChI=1S/C17H35NO2/c1-2-3-4-5-6-7-10-13-16-20-17(19)14-11-8-9-12-15-18/h2-16,18H2,1H3. The topological polar surface area (TPSA) is 52.3 Å². The number of esters is 1. The summed E-state index contributed by atoms with van der Waals surface area (Å²) in [6.07, 6.45) is 15.0. The normalized spacial score (nSPS) is 10.7. The first kappa shape index (κ1) is 19.4. The Morgan fingerprint density at radius 2 is 1.35 bits per heavy atom. The average molecular weight is 285 g/mol. The van der Waals surface area contributed by atoms with Crippen LogP contribution in [-0.2, 0) is 9.53 Å². The lowest BCUT2D eigenvalue weighted by molar-refractivity contribution is -0.143. The van der Waals surface area contributed by atoms with Crippen LogP contribution in [0.3, 0.4) is 0 Å². The molecule has 0 unspecified atom stereocenters. The largest absolute Gasteiger partial charge is 0.466 e. The first-order valence-corrected chi connectivity index (χ1v) is 8.67. The molecule has 2 N–H and O–H groups in total. The number of carbonyl (C=O) groups excluding carboxylic acids is 1. The summed E-state index contributed by atoms with van der Waals surface area (Å²) >= 11 is 0. The summed E-state index contributed by atoms with van der Waals surface area (Å²) < 4.78 is 5.23. The average Bonchev–Trinajstić information content (AvgIpc) is 2.45. The van der Waals surface area contributed by atoms with E-state index in [2.05, 4.69) is 6.92 Å². The SMILES string of the molecule is CCCCCCCCCCOC(=O)CCCCCCN. The maximum Gasteiger partial charge on any atom is 0.305 e. The highest BCUT2D eigenvalue weighted by molar-refractivity contribution is 5.69. The van der Waals surface area contributed by atoms with Gasteiger partial charge in [0.25, 0.3) is 0 Å². The van der Waals surface area contributed by atoms with Crippen molar-refractivity contribution in [2.75, 3.05) is 13.2 Å². The van der Waals surface area contributed by atoms with E-state index >= 15 is 0 Å². The van der Waals surface area contributed by atoms with E-state index in [1.807, 2.05) is 0 Å². The lowest BCUT2D eigenvalue weighted by Crippen LogP contribution is -2.05. The predicted octanol–water partition coefficient (Wildman–Crippen LogP) is 4.58. The number of hydrogen-bond acceptors (Lipinski definition) is 3. The van der Waals surface area contributed by atoms with Gasteiger partial charge in [-0.05, 0) is 25.8 Å². The van der Waals surface area contributed by atoms with Gasteiger partial charge in [0.05, 0.1) is 6.61 Å². The van der Waals surface area contributed by atoms with Crippen molar-refractivity contribution in [3.8, 4) is 0 Å². The number of carbonyl (C=O) groups is 1. The molecule has 3 nitrogen and oxygen atoms in total. The lowest BCUT2D eigenvalue weighted by Gasteiger charge is -2.05. The highest BCUT2D eigenvalue weighted by atomic mass is 16.5. The Hall–Kier alpha value is -0.570. The molecule has 0 amide bonds. The molecule has 0 heterocycles. The predicted molar refractivity (Wildman–Crippen MR) is 85.7 cm³/mol. The summed E-state index contributed by atoms with van der Waals surface area (Å²) in [5.74, 6) is -0.0271. The molecule has 0 saturated carbocycles. The van der Waals surface area contributed by atoms with Crippen molar-refractivity contribution in [1.29, 1.82) is 0 Å². The molecule has 20 heavy (non-hydrogen) atoms. The number of rotatable bonds is 15. The molecule has 0 aliphatic rings. The van der Waals surface area contributed by atoms with Gasteiger partial charge in [0.15, 0.2) is 0 Å². The minimum Gasteiger partial charge on any atom is -0.466 e. The van der Waals surface area contributed by atoms with Crippen LogP contribution in [0.4, 0.5) is 0 Å². The van der Waals surface area contributed by atoms with Crippen LogP contribution in [0, 0.1) is 0 Å². The summed E-state index contributed by atoms with van der Waals surface area (Å²) in [6, 6.07) is 0. The van der Waals surface area contributed by atoms with E-state index in [9.17, 15) is 4.79 Å². The fraction of sp³-hybridized carbons (Fsp3) is 0.941. The van der Waals surface area contributed by atoms with Gasteiger partial charge in [-0.25, -0.2) is 0 Å². The molecule has 0 aliphatic carbocycles. The number of nitrogens with two attached hydrogens (primary N) is 1.